The first-order valence-corrected chi connectivity index (χ1v) is 37.3. The Kier molecular flexibility index (Phi) is 11.9. The molecule has 0 aromatic heterocycles. The minimum absolute atomic E-state index is 0.990. The van der Waals surface area contributed by atoms with Crippen LogP contribution in [0.2, 0.25) is 0 Å². The van der Waals surface area contributed by atoms with Gasteiger partial charge in [0.1, 0.15) is 0 Å². The maximum Gasteiger partial charge on any atom is 0.0780 e. The van der Waals surface area contributed by atoms with E-state index in [1.807, 2.05) is 6.07 Å². The Bertz CT molecular complexity index is 231. The van der Waals surface area contributed by atoms with Crippen LogP contribution in [0, 0.1) is 0 Å². The molecule has 0 fully saturated rings. The summed E-state index contributed by atoms with van der Waals surface area (Å²) in [6.07, 6.45) is 1.10. The summed E-state index contributed by atoms with van der Waals surface area (Å²) in [5.41, 5.74) is 5.16. The predicted octanol–water partition coefficient (Wildman–Crippen LogP) is 3.63. The summed E-state index contributed by atoms with van der Waals surface area (Å²) < 4.78 is -1.30. The van der Waals surface area contributed by atoms with Gasteiger partial charge in [-0.3, -0.25) is 0 Å². The zero-order valence-electron chi connectivity index (χ0n) is 7.52. The molecule has 0 aliphatic rings. The molecule has 0 aliphatic heterocycles. The second-order valence-corrected chi connectivity index (χ2v) is 131. The third-order valence-corrected chi connectivity index (χ3v) is 1.31. The van der Waals surface area contributed by atoms with E-state index in [1.165, 1.54) is 5.56 Å². The number of benzene rings is 1. The number of halogens is 4. The molecule has 1 aromatic carbocycles. The van der Waals surface area contributed by atoms with Crippen LogP contribution in [0.4, 0.5) is 0 Å². The Balaban J connectivity index is 0.000000292. The van der Waals surface area contributed by atoms with E-state index >= 15 is 0 Å². The first-order chi connectivity index (χ1) is 6.43. The summed E-state index contributed by atoms with van der Waals surface area (Å²) >= 11 is 10.2. The Labute approximate surface area is 128 Å². The van der Waals surface area contributed by atoms with Gasteiger partial charge in [-0.1, -0.05) is 30.3 Å². The fraction of sp³-hybridized carbons (Fsp3) is 0.250. The van der Waals surface area contributed by atoms with Crippen LogP contribution in [-0.4, -0.2) is 9.05 Å². The average molecular weight is 749 g/mol. The van der Waals surface area contributed by atoms with Crippen molar-refractivity contribution in [3.8, 4) is 0 Å². The average Bonchev–Trinajstić information content (AvgIpc) is 2.03. The number of hydrogen-bond acceptors (Lipinski definition) is 0. The molecule has 1 nitrogen and oxygen atoms in total. The summed E-state index contributed by atoms with van der Waals surface area (Å²) in [4.78, 5) is 0. The Morgan fingerprint density at radius 1 is 1.00 bits per heavy atom. The van der Waals surface area contributed by atoms with Crippen molar-refractivity contribution in [3.05, 3.63) is 35.9 Å². The van der Waals surface area contributed by atoms with Crippen molar-refractivity contribution < 1.29 is 5.73 Å². The van der Waals surface area contributed by atoms with E-state index in [0.717, 1.165) is 13.0 Å². The second-order valence-electron chi connectivity index (χ2n) is 2.52. The minimum atomic E-state index is -1.30. The molecule has 0 atom stereocenters. The zero-order valence-corrected chi connectivity index (χ0v) is 19.0. The van der Waals surface area contributed by atoms with Gasteiger partial charge in [-0.05, 0) is 5.56 Å². The van der Waals surface area contributed by atoms with Crippen LogP contribution >= 0.6 is 74.5 Å². The van der Waals surface area contributed by atoms with Crippen LogP contribution in [0.25, 0.3) is 0 Å². The molecule has 0 spiro atoms. The van der Waals surface area contributed by atoms with Crippen molar-refractivity contribution in [2.24, 2.45) is 0 Å². The van der Waals surface area contributed by atoms with Gasteiger partial charge in [0.15, 0.2) is 0 Å². The van der Waals surface area contributed by atoms with Gasteiger partial charge >= 0.3 is 77.0 Å². The molecule has 0 saturated carbocycles. The summed E-state index contributed by atoms with van der Waals surface area (Å²) in [7, 11) is 0. The van der Waals surface area contributed by atoms with Crippen LogP contribution in [0.1, 0.15) is 5.56 Å². The van der Waals surface area contributed by atoms with Gasteiger partial charge in [0.25, 0.3) is 0 Å². The maximum absolute atomic E-state index is 3.78. The number of rotatable bonds is 2. The van der Waals surface area contributed by atoms with Crippen LogP contribution in [0.5, 0.6) is 0 Å². The SMILES string of the molecule is [I][Sn]([I])([I])[I].[NH3+]CCc1ccccc1. The smallest absolute Gasteiger partial charge is 0.0780 e. The van der Waals surface area contributed by atoms with E-state index in [2.05, 4.69) is 105 Å². The first-order valence-electron chi connectivity index (χ1n) is 4.02. The minimum Gasteiger partial charge on any atom is -0.357 e. The van der Waals surface area contributed by atoms with E-state index in [4.69, 9.17) is 0 Å². The second kappa shape index (κ2) is 9.88. The van der Waals surface area contributed by atoms with Gasteiger partial charge in [-0.15, -0.1) is 0 Å². The monoisotopic (exact) mass is 750 g/mol. The van der Waals surface area contributed by atoms with Gasteiger partial charge in [0, 0.05) is 6.42 Å². The normalized spacial score (nSPS) is 10.4. The van der Waals surface area contributed by atoms with E-state index in [9.17, 15) is 0 Å². The number of hydrogen-bond donors (Lipinski definition) is 1. The van der Waals surface area contributed by atoms with Crippen molar-refractivity contribution in [1.82, 2.24) is 0 Å². The fourth-order valence-corrected chi connectivity index (χ4v) is 0.849. The predicted molar refractivity (Wildman–Crippen MR) is 99.7 cm³/mol. The molecular formula is C8H12I4NSn+. The molecule has 0 bridgehead atoms. The Morgan fingerprint density at radius 3 is 1.79 bits per heavy atom. The third-order valence-electron chi connectivity index (χ3n) is 1.31. The molecule has 3 N–H and O–H groups in total. The van der Waals surface area contributed by atoms with Crippen molar-refractivity contribution in [1.29, 1.82) is 0 Å². The van der Waals surface area contributed by atoms with Crippen LogP contribution in [0.15, 0.2) is 30.3 Å². The van der Waals surface area contributed by atoms with Crippen molar-refractivity contribution in [3.63, 3.8) is 0 Å². The van der Waals surface area contributed by atoms with Gasteiger partial charge in [-0.2, -0.15) is 0 Å². The molecule has 80 valence electrons. The topological polar surface area (TPSA) is 27.6 Å². The molecule has 1 rings (SSSR count). The van der Waals surface area contributed by atoms with Gasteiger partial charge in [-0.25, -0.2) is 0 Å². The molecule has 6 heteroatoms. The van der Waals surface area contributed by atoms with Crippen LogP contribution in [0.3, 0.4) is 0 Å². The van der Waals surface area contributed by atoms with Crippen molar-refractivity contribution in [2.75, 3.05) is 6.54 Å². The zero-order chi connectivity index (χ0) is 11.0. The van der Waals surface area contributed by atoms with E-state index in [1.54, 1.807) is 0 Å². The van der Waals surface area contributed by atoms with Crippen LogP contribution < -0.4 is 5.73 Å². The number of quaternary nitrogens is 1. The van der Waals surface area contributed by atoms with Gasteiger partial charge in [0.2, 0.25) is 0 Å². The molecule has 0 unspecified atom stereocenters. The quantitative estimate of drug-likeness (QED) is 0.354. The third kappa shape index (κ3) is 14.9. The van der Waals surface area contributed by atoms with Gasteiger partial charge in [0.05, 0.1) is 6.54 Å². The van der Waals surface area contributed by atoms with Gasteiger partial charge < -0.3 is 5.73 Å². The molecule has 0 radical (unpaired) electrons. The molecule has 0 heterocycles. The summed E-state index contributed by atoms with van der Waals surface area (Å²) in [6, 6.07) is 10.4. The molecule has 0 aliphatic carbocycles. The molecule has 1 aromatic rings. The largest absolute Gasteiger partial charge is 0.357 e. The molecule has 0 saturated heterocycles. The molecule has 0 amide bonds. The van der Waals surface area contributed by atoms with E-state index < -0.39 is 2.50 Å². The van der Waals surface area contributed by atoms with Crippen molar-refractivity contribution >= 4 is 77.0 Å². The summed E-state index contributed by atoms with van der Waals surface area (Å²) in [6.45, 7) is 0.990. The molecular weight excluding hydrogens is 736 g/mol. The van der Waals surface area contributed by atoms with Crippen LogP contribution in [-0.2, 0) is 6.42 Å². The standard InChI is InChI=1S/C8H11N.4HI.Sn/c9-7-6-8-4-2-1-3-5-8;;;;;/h1-5H,6-7,9H2;4*1H;/q;;;;;+4/p-3. The maximum atomic E-state index is 3.78. The Morgan fingerprint density at radius 2 is 1.43 bits per heavy atom. The van der Waals surface area contributed by atoms with Crippen molar-refractivity contribution in [2.45, 2.75) is 6.42 Å². The van der Waals surface area contributed by atoms with E-state index in [-0.39, 0.29) is 0 Å². The summed E-state index contributed by atoms with van der Waals surface area (Å²) in [5.74, 6) is 0. The summed E-state index contributed by atoms with van der Waals surface area (Å²) in [5, 5.41) is 0. The molecule has 14 heavy (non-hydrogen) atoms. The Hall–Kier alpha value is 2.90. The first kappa shape index (κ1) is 16.9. The fourth-order valence-electron chi connectivity index (χ4n) is 0.849. The van der Waals surface area contributed by atoms with E-state index in [0.29, 0.717) is 0 Å².